The van der Waals surface area contributed by atoms with E-state index in [4.69, 9.17) is 4.74 Å². The first-order valence-electron chi connectivity index (χ1n) is 6.76. The summed E-state index contributed by atoms with van der Waals surface area (Å²) in [4.78, 5) is 0. The monoisotopic (exact) mass is 249 g/mol. The van der Waals surface area contributed by atoms with Crippen molar-refractivity contribution in [1.29, 1.82) is 0 Å². The van der Waals surface area contributed by atoms with E-state index in [1.165, 1.54) is 5.56 Å². The molecule has 1 atom stereocenters. The van der Waals surface area contributed by atoms with Crippen molar-refractivity contribution in [3.63, 3.8) is 0 Å². The molecule has 0 fully saturated rings. The van der Waals surface area contributed by atoms with Crippen molar-refractivity contribution in [2.45, 2.75) is 53.2 Å². The van der Waals surface area contributed by atoms with Crippen LogP contribution in [0, 0.1) is 5.41 Å². The van der Waals surface area contributed by atoms with E-state index in [9.17, 15) is 0 Å². The van der Waals surface area contributed by atoms with Crippen molar-refractivity contribution in [2.24, 2.45) is 5.41 Å². The van der Waals surface area contributed by atoms with E-state index in [2.05, 4.69) is 50.4 Å². The normalized spacial score (nSPS) is 13.7. The molecule has 102 valence electrons. The van der Waals surface area contributed by atoms with E-state index in [0.717, 1.165) is 12.2 Å². The van der Waals surface area contributed by atoms with Crippen LogP contribution in [-0.2, 0) is 0 Å². The van der Waals surface area contributed by atoms with Crippen LogP contribution in [0.15, 0.2) is 24.3 Å². The summed E-state index contributed by atoms with van der Waals surface area (Å²) in [5.41, 5.74) is 1.64. The second-order valence-electron chi connectivity index (χ2n) is 6.34. The van der Waals surface area contributed by atoms with Crippen LogP contribution >= 0.6 is 0 Å². The van der Waals surface area contributed by atoms with Crippen LogP contribution in [0.25, 0.3) is 0 Å². The van der Waals surface area contributed by atoms with Crippen LogP contribution in [0.3, 0.4) is 0 Å². The Morgan fingerprint density at radius 1 is 1.11 bits per heavy atom. The van der Waals surface area contributed by atoms with E-state index < -0.39 is 0 Å². The SMILES string of the molecule is CNC(CC(C)(C)C)c1ccc(OC(C)C)cc1. The van der Waals surface area contributed by atoms with Gasteiger partial charge in [0.2, 0.25) is 0 Å². The van der Waals surface area contributed by atoms with Crippen LogP contribution in [0.4, 0.5) is 0 Å². The molecule has 0 aromatic heterocycles. The fraction of sp³-hybridized carbons (Fsp3) is 0.625. The molecule has 0 bridgehead atoms. The summed E-state index contributed by atoms with van der Waals surface area (Å²) in [7, 11) is 2.02. The van der Waals surface area contributed by atoms with Crippen LogP contribution in [0.1, 0.15) is 52.6 Å². The molecule has 18 heavy (non-hydrogen) atoms. The Morgan fingerprint density at radius 2 is 1.67 bits per heavy atom. The van der Waals surface area contributed by atoms with Crippen molar-refractivity contribution in [3.8, 4) is 5.75 Å². The van der Waals surface area contributed by atoms with Gasteiger partial charge in [-0.2, -0.15) is 0 Å². The van der Waals surface area contributed by atoms with Gasteiger partial charge in [0, 0.05) is 6.04 Å². The van der Waals surface area contributed by atoms with Gasteiger partial charge in [0.25, 0.3) is 0 Å². The molecule has 0 saturated carbocycles. The lowest BCUT2D eigenvalue weighted by atomic mass is 9.85. The zero-order valence-corrected chi connectivity index (χ0v) is 12.6. The molecule has 2 nitrogen and oxygen atoms in total. The average Bonchev–Trinajstić information content (AvgIpc) is 2.25. The summed E-state index contributed by atoms with van der Waals surface area (Å²) in [5.74, 6) is 0.944. The van der Waals surface area contributed by atoms with Crippen LogP contribution in [0.5, 0.6) is 5.75 Å². The van der Waals surface area contributed by atoms with Gasteiger partial charge >= 0.3 is 0 Å². The molecular formula is C16H27NO. The number of hydrogen-bond donors (Lipinski definition) is 1. The van der Waals surface area contributed by atoms with Gasteiger partial charge < -0.3 is 10.1 Å². The Hall–Kier alpha value is -1.02. The molecule has 0 aliphatic heterocycles. The van der Waals surface area contributed by atoms with E-state index in [0.29, 0.717) is 11.5 Å². The van der Waals surface area contributed by atoms with Gasteiger partial charge in [0.05, 0.1) is 6.10 Å². The second-order valence-corrected chi connectivity index (χ2v) is 6.34. The van der Waals surface area contributed by atoms with Crippen molar-refractivity contribution < 1.29 is 4.74 Å². The topological polar surface area (TPSA) is 21.3 Å². The first-order valence-corrected chi connectivity index (χ1v) is 6.76. The van der Waals surface area contributed by atoms with Gasteiger partial charge in [0.15, 0.2) is 0 Å². The number of benzene rings is 1. The Bertz CT molecular complexity index is 348. The quantitative estimate of drug-likeness (QED) is 0.845. The summed E-state index contributed by atoms with van der Waals surface area (Å²) >= 11 is 0. The smallest absolute Gasteiger partial charge is 0.119 e. The maximum Gasteiger partial charge on any atom is 0.119 e. The summed E-state index contributed by atoms with van der Waals surface area (Å²) in [6, 6.07) is 8.83. The summed E-state index contributed by atoms with van der Waals surface area (Å²) in [6.45, 7) is 10.9. The molecule has 1 rings (SSSR count). The predicted molar refractivity (Wildman–Crippen MR) is 78.1 cm³/mol. The first-order chi connectivity index (χ1) is 8.31. The van der Waals surface area contributed by atoms with Crippen LogP contribution in [0.2, 0.25) is 0 Å². The Morgan fingerprint density at radius 3 is 2.06 bits per heavy atom. The lowest BCUT2D eigenvalue weighted by Crippen LogP contribution is -2.22. The Labute approximate surface area is 112 Å². The Kier molecular flexibility index (Phi) is 5.21. The number of nitrogens with one attached hydrogen (secondary N) is 1. The zero-order chi connectivity index (χ0) is 13.8. The minimum Gasteiger partial charge on any atom is -0.491 e. The van der Waals surface area contributed by atoms with Gasteiger partial charge in [-0.25, -0.2) is 0 Å². The largest absolute Gasteiger partial charge is 0.491 e. The van der Waals surface area contributed by atoms with Gasteiger partial charge in [-0.3, -0.25) is 0 Å². The summed E-state index contributed by atoms with van der Waals surface area (Å²) in [6.07, 6.45) is 1.35. The van der Waals surface area contributed by atoms with Crippen molar-refractivity contribution in [2.75, 3.05) is 7.05 Å². The molecule has 1 unspecified atom stereocenters. The number of rotatable bonds is 5. The third-order valence-corrected chi connectivity index (χ3v) is 2.82. The highest BCUT2D eigenvalue weighted by molar-refractivity contribution is 5.29. The molecule has 0 heterocycles. The lowest BCUT2D eigenvalue weighted by Gasteiger charge is -2.26. The Balaban J connectivity index is 2.75. The predicted octanol–water partition coefficient (Wildman–Crippen LogP) is 4.17. The second kappa shape index (κ2) is 6.24. The fourth-order valence-electron chi connectivity index (χ4n) is 2.05. The first kappa shape index (κ1) is 15.0. The minimum atomic E-state index is 0.227. The van der Waals surface area contributed by atoms with Gasteiger partial charge in [-0.05, 0) is 50.4 Å². The van der Waals surface area contributed by atoms with Gasteiger partial charge in [0.1, 0.15) is 5.75 Å². The number of ether oxygens (including phenoxy) is 1. The molecule has 1 aromatic carbocycles. The highest BCUT2D eigenvalue weighted by atomic mass is 16.5. The molecular weight excluding hydrogens is 222 g/mol. The molecule has 0 radical (unpaired) electrons. The zero-order valence-electron chi connectivity index (χ0n) is 12.6. The van der Waals surface area contributed by atoms with Crippen LogP contribution in [-0.4, -0.2) is 13.2 Å². The summed E-state index contributed by atoms with van der Waals surface area (Å²) in [5, 5.41) is 3.39. The molecule has 2 heteroatoms. The average molecular weight is 249 g/mol. The highest BCUT2D eigenvalue weighted by Gasteiger charge is 2.18. The van der Waals surface area contributed by atoms with Crippen molar-refractivity contribution >= 4 is 0 Å². The maximum atomic E-state index is 5.66. The standard InChI is InChI=1S/C16H27NO/c1-12(2)18-14-9-7-13(8-10-14)15(17-6)11-16(3,4)5/h7-10,12,15,17H,11H2,1-6H3. The molecule has 0 aliphatic rings. The third-order valence-electron chi connectivity index (χ3n) is 2.82. The molecule has 0 aliphatic carbocycles. The van der Waals surface area contributed by atoms with E-state index in [1.54, 1.807) is 0 Å². The van der Waals surface area contributed by atoms with Crippen LogP contribution < -0.4 is 10.1 Å². The molecule has 1 aromatic rings. The number of hydrogen-bond acceptors (Lipinski definition) is 2. The molecule has 1 N–H and O–H groups in total. The van der Waals surface area contributed by atoms with Gasteiger partial charge in [-0.15, -0.1) is 0 Å². The van der Waals surface area contributed by atoms with E-state index >= 15 is 0 Å². The fourth-order valence-corrected chi connectivity index (χ4v) is 2.05. The highest BCUT2D eigenvalue weighted by Crippen LogP contribution is 2.30. The van der Waals surface area contributed by atoms with Crippen molar-refractivity contribution in [1.82, 2.24) is 5.32 Å². The molecule has 0 saturated heterocycles. The van der Waals surface area contributed by atoms with Gasteiger partial charge in [-0.1, -0.05) is 32.9 Å². The van der Waals surface area contributed by atoms with E-state index in [1.807, 2.05) is 20.9 Å². The van der Waals surface area contributed by atoms with Crippen molar-refractivity contribution in [3.05, 3.63) is 29.8 Å². The maximum absolute atomic E-state index is 5.66. The minimum absolute atomic E-state index is 0.227. The molecule has 0 spiro atoms. The molecule has 0 amide bonds. The lowest BCUT2D eigenvalue weighted by molar-refractivity contribution is 0.242. The van der Waals surface area contributed by atoms with E-state index in [-0.39, 0.29) is 6.10 Å². The summed E-state index contributed by atoms with van der Waals surface area (Å²) < 4.78 is 5.66. The third kappa shape index (κ3) is 5.09.